The second-order valence-electron chi connectivity index (χ2n) is 3.29. The molecule has 1 aliphatic carbocycles. The molecule has 2 N–H and O–H groups in total. The van der Waals surface area contributed by atoms with Crippen molar-refractivity contribution in [3.8, 4) is 6.01 Å². The van der Waals surface area contributed by atoms with Gasteiger partial charge in [-0.05, 0) is 24.8 Å². The summed E-state index contributed by atoms with van der Waals surface area (Å²) in [6.45, 7) is 1.18. The van der Waals surface area contributed by atoms with Gasteiger partial charge in [-0.25, -0.2) is 4.98 Å². The van der Waals surface area contributed by atoms with E-state index in [1.807, 2.05) is 0 Å². The molecule has 1 heterocycles. The molecule has 4 nitrogen and oxygen atoms in total. The van der Waals surface area contributed by atoms with Crippen molar-refractivity contribution >= 4 is 0 Å². The number of nitrogens with zero attached hydrogens (tertiary/aromatic N) is 2. The first kappa shape index (κ1) is 8.44. The maximum Gasteiger partial charge on any atom is 0.316 e. The molecule has 0 saturated heterocycles. The molecule has 0 aliphatic heterocycles. The van der Waals surface area contributed by atoms with Crippen LogP contribution in [-0.4, -0.2) is 16.6 Å². The Bertz CT molecular complexity index is 286. The molecule has 0 bridgehead atoms. The summed E-state index contributed by atoms with van der Waals surface area (Å²) in [6.07, 6.45) is 4.23. The Morgan fingerprint density at radius 3 is 3.08 bits per heavy atom. The van der Waals surface area contributed by atoms with Crippen LogP contribution in [0.3, 0.4) is 0 Å². The van der Waals surface area contributed by atoms with Gasteiger partial charge in [-0.1, -0.05) is 0 Å². The van der Waals surface area contributed by atoms with E-state index >= 15 is 0 Å². The van der Waals surface area contributed by atoms with Crippen molar-refractivity contribution in [3.63, 3.8) is 0 Å². The molecule has 0 aromatic carbocycles. The summed E-state index contributed by atoms with van der Waals surface area (Å²) >= 11 is 0. The zero-order valence-corrected chi connectivity index (χ0v) is 7.44. The highest BCUT2D eigenvalue weighted by atomic mass is 16.5. The summed E-state index contributed by atoms with van der Waals surface area (Å²) in [5.41, 5.74) is 6.26. The van der Waals surface area contributed by atoms with Crippen LogP contribution in [0.2, 0.25) is 0 Å². The van der Waals surface area contributed by atoms with Crippen LogP contribution in [0.1, 0.15) is 18.5 Å². The third-order valence-electron chi connectivity index (χ3n) is 2.05. The molecule has 0 unspecified atom stereocenters. The van der Waals surface area contributed by atoms with Crippen LogP contribution in [0.15, 0.2) is 12.3 Å². The van der Waals surface area contributed by atoms with Crippen LogP contribution in [0, 0.1) is 5.92 Å². The summed E-state index contributed by atoms with van der Waals surface area (Å²) in [5, 5.41) is 0. The highest BCUT2D eigenvalue weighted by Crippen LogP contribution is 2.28. The van der Waals surface area contributed by atoms with E-state index in [9.17, 15) is 0 Å². The molecule has 4 heteroatoms. The molecule has 0 spiro atoms. The second kappa shape index (κ2) is 3.70. The van der Waals surface area contributed by atoms with E-state index in [4.69, 9.17) is 10.5 Å². The van der Waals surface area contributed by atoms with Crippen LogP contribution in [0.25, 0.3) is 0 Å². The number of rotatable bonds is 4. The highest BCUT2D eigenvalue weighted by molar-refractivity contribution is 5.04. The first-order valence-corrected chi connectivity index (χ1v) is 4.53. The van der Waals surface area contributed by atoms with Gasteiger partial charge < -0.3 is 10.5 Å². The van der Waals surface area contributed by atoms with Crippen LogP contribution in [0.5, 0.6) is 6.01 Å². The molecule has 70 valence electrons. The van der Waals surface area contributed by atoms with Crippen molar-refractivity contribution in [1.82, 2.24) is 9.97 Å². The quantitative estimate of drug-likeness (QED) is 0.740. The number of aromatic nitrogens is 2. The van der Waals surface area contributed by atoms with Crippen molar-refractivity contribution in [3.05, 3.63) is 18.0 Å². The summed E-state index contributed by atoms with van der Waals surface area (Å²) < 4.78 is 5.39. The van der Waals surface area contributed by atoms with E-state index < -0.39 is 0 Å². The van der Waals surface area contributed by atoms with Gasteiger partial charge in [0.1, 0.15) is 0 Å². The Kier molecular flexibility index (Phi) is 2.40. The standard InChI is InChI=1S/C9H13N3O/c10-5-8-3-4-11-9(12-8)13-6-7-1-2-7/h3-4,7H,1-2,5-6,10H2. The lowest BCUT2D eigenvalue weighted by Gasteiger charge is -2.03. The van der Waals surface area contributed by atoms with Gasteiger partial charge in [-0.3, -0.25) is 0 Å². The molecule has 0 atom stereocenters. The lowest BCUT2D eigenvalue weighted by atomic mass is 10.4. The normalized spacial score (nSPS) is 15.8. The first-order valence-electron chi connectivity index (χ1n) is 4.53. The zero-order chi connectivity index (χ0) is 9.10. The van der Waals surface area contributed by atoms with E-state index in [1.54, 1.807) is 12.3 Å². The molecular weight excluding hydrogens is 166 g/mol. The molecule has 13 heavy (non-hydrogen) atoms. The average Bonchev–Trinajstić information content (AvgIpc) is 2.99. The Morgan fingerprint density at radius 2 is 2.38 bits per heavy atom. The van der Waals surface area contributed by atoms with Gasteiger partial charge in [-0.15, -0.1) is 0 Å². The summed E-state index contributed by atoms with van der Waals surface area (Å²) in [6, 6.07) is 2.25. The Balaban J connectivity index is 1.93. The third kappa shape index (κ3) is 2.39. The van der Waals surface area contributed by atoms with Gasteiger partial charge >= 0.3 is 6.01 Å². The number of ether oxygens (including phenoxy) is 1. The molecule has 0 radical (unpaired) electrons. The Morgan fingerprint density at radius 1 is 1.54 bits per heavy atom. The summed E-state index contributed by atoms with van der Waals surface area (Å²) in [4.78, 5) is 8.13. The molecular formula is C9H13N3O. The van der Waals surface area contributed by atoms with Gasteiger partial charge in [0.25, 0.3) is 0 Å². The minimum Gasteiger partial charge on any atom is -0.463 e. The van der Waals surface area contributed by atoms with Crippen molar-refractivity contribution in [1.29, 1.82) is 0 Å². The molecule has 1 fully saturated rings. The zero-order valence-electron chi connectivity index (χ0n) is 7.44. The van der Waals surface area contributed by atoms with Crippen molar-refractivity contribution in [2.45, 2.75) is 19.4 Å². The maximum atomic E-state index is 5.44. The molecule has 2 rings (SSSR count). The molecule has 1 aromatic rings. The van der Waals surface area contributed by atoms with Gasteiger partial charge in [-0.2, -0.15) is 4.98 Å². The number of hydrogen-bond acceptors (Lipinski definition) is 4. The maximum absolute atomic E-state index is 5.44. The minimum atomic E-state index is 0.433. The van der Waals surface area contributed by atoms with Crippen LogP contribution in [0.4, 0.5) is 0 Å². The monoisotopic (exact) mass is 179 g/mol. The van der Waals surface area contributed by atoms with E-state index in [-0.39, 0.29) is 0 Å². The van der Waals surface area contributed by atoms with Crippen molar-refractivity contribution in [2.24, 2.45) is 11.7 Å². The van der Waals surface area contributed by atoms with Crippen LogP contribution < -0.4 is 10.5 Å². The smallest absolute Gasteiger partial charge is 0.316 e. The fourth-order valence-electron chi connectivity index (χ4n) is 1.04. The fourth-order valence-corrected chi connectivity index (χ4v) is 1.04. The number of hydrogen-bond donors (Lipinski definition) is 1. The van der Waals surface area contributed by atoms with E-state index in [0.717, 1.165) is 18.2 Å². The predicted molar refractivity (Wildman–Crippen MR) is 48.1 cm³/mol. The van der Waals surface area contributed by atoms with Gasteiger partial charge in [0.05, 0.1) is 12.3 Å². The van der Waals surface area contributed by atoms with Crippen molar-refractivity contribution in [2.75, 3.05) is 6.61 Å². The summed E-state index contributed by atoms with van der Waals surface area (Å²) in [7, 11) is 0. The van der Waals surface area contributed by atoms with Crippen LogP contribution in [-0.2, 0) is 6.54 Å². The highest BCUT2D eigenvalue weighted by Gasteiger charge is 2.22. The lowest BCUT2D eigenvalue weighted by molar-refractivity contribution is 0.275. The van der Waals surface area contributed by atoms with Crippen LogP contribution >= 0.6 is 0 Å². The van der Waals surface area contributed by atoms with E-state index in [2.05, 4.69) is 9.97 Å². The van der Waals surface area contributed by atoms with Crippen molar-refractivity contribution < 1.29 is 4.74 Å². The van der Waals surface area contributed by atoms with Gasteiger partial charge in [0, 0.05) is 12.7 Å². The van der Waals surface area contributed by atoms with Gasteiger partial charge in [0.2, 0.25) is 0 Å². The SMILES string of the molecule is NCc1ccnc(OCC2CC2)n1. The second-order valence-corrected chi connectivity index (χ2v) is 3.29. The minimum absolute atomic E-state index is 0.433. The Hall–Kier alpha value is -1.16. The van der Waals surface area contributed by atoms with E-state index in [1.165, 1.54) is 12.8 Å². The fraction of sp³-hybridized carbons (Fsp3) is 0.556. The molecule has 1 saturated carbocycles. The lowest BCUT2D eigenvalue weighted by Crippen LogP contribution is -2.06. The number of nitrogens with two attached hydrogens (primary N) is 1. The first-order chi connectivity index (χ1) is 6.38. The summed E-state index contributed by atoms with van der Waals surface area (Å²) in [5.74, 6) is 0.727. The topological polar surface area (TPSA) is 61.0 Å². The molecule has 0 amide bonds. The largest absolute Gasteiger partial charge is 0.463 e. The third-order valence-corrected chi connectivity index (χ3v) is 2.05. The Labute approximate surface area is 77.1 Å². The average molecular weight is 179 g/mol. The molecule has 1 aromatic heterocycles. The van der Waals surface area contributed by atoms with E-state index in [0.29, 0.717) is 12.6 Å². The predicted octanol–water partition coefficient (Wildman–Crippen LogP) is 0.724. The molecule has 1 aliphatic rings. The van der Waals surface area contributed by atoms with Gasteiger partial charge in [0.15, 0.2) is 0 Å².